The van der Waals surface area contributed by atoms with Gasteiger partial charge in [-0.15, -0.1) is 11.3 Å². The zero-order valence-electron chi connectivity index (χ0n) is 14.4. The number of benzene rings is 1. The summed E-state index contributed by atoms with van der Waals surface area (Å²) in [6.45, 7) is 1.99. The van der Waals surface area contributed by atoms with E-state index in [2.05, 4.69) is 16.4 Å². The Hall–Kier alpha value is -2.44. The number of thiophene rings is 1. The van der Waals surface area contributed by atoms with Crippen LogP contribution in [-0.2, 0) is 11.3 Å². The summed E-state index contributed by atoms with van der Waals surface area (Å²) >= 11 is 1.66. The smallest absolute Gasteiger partial charge is 0.322 e. The van der Waals surface area contributed by atoms with Crippen molar-refractivity contribution < 1.29 is 9.53 Å². The van der Waals surface area contributed by atoms with Gasteiger partial charge in [0.15, 0.2) is 0 Å². The van der Waals surface area contributed by atoms with Crippen LogP contribution in [0.25, 0.3) is 10.8 Å². The van der Waals surface area contributed by atoms with Crippen LogP contribution in [0.2, 0.25) is 0 Å². The predicted molar refractivity (Wildman–Crippen MR) is 104 cm³/mol. The molecule has 3 heterocycles. The van der Waals surface area contributed by atoms with Crippen molar-refractivity contribution >= 4 is 33.8 Å². The lowest BCUT2D eigenvalue weighted by Gasteiger charge is -2.25. The summed E-state index contributed by atoms with van der Waals surface area (Å²) in [7, 11) is 0. The minimum atomic E-state index is -0.0989. The lowest BCUT2D eigenvalue weighted by atomic mass is 10.1. The van der Waals surface area contributed by atoms with E-state index in [0.29, 0.717) is 13.1 Å². The van der Waals surface area contributed by atoms with E-state index in [1.54, 1.807) is 23.7 Å². The van der Waals surface area contributed by atoms with Crippen LogP contribution >= 0.6 is 11.3 Å². The molecule has 1 aromatic carbocycles. The van der Waals surface area contributed by atoms with Gasteiger partial charge in [0.25, 0.3) is 0 Å². The maximum atomic E-state index is 13.0. The fourth-order valence-electron chi connectivity index (χ4n) is 3.27. The maximum absolute atomic E-state index is 13.0. The molecule has 1 aliphatic rings. The average molecular weight is 367 g/mol. The van der Waals surface area contributed by atoms with Gasteiger partial charge < -0.3 is 15.0 Å². The molecule has 0 aliphatic carbocycles. The third-order valence-electron chi connectivity index (χ3n) is 4.58. The van der Waals surface area contributed by atoms with Crippen molar-refractivity contribution in [3.8, 4) is 0 Å². The van der Waals surface area contributed by atoms with Gasteiger partial charge in [-0.05, 0) is 36.4 Å². The number of hydrogen-bond donors (Lipinski definition) is 1. The molecule has 1 N–H and O–H groups in total. The summed E-state index contributed by atoms with van der Waals surface area (Å²) in [6, 6.07) is 11.8. The Labute approximate surface area is 156 Å². The Morgan fingerprint density at radius 2 is 2.27 bits per heavy atom. The first-order valence-electron chi connectivity index (χ1n) is 8.82. The number of nitrogens with one attached hydrogen (secondary N) is 1. The maximum Gasteiger partial charge on any atom is 0.322 e. The molecule has 3 aromatic rings. The molecule has 1 aliphatic heterocycles. The van der Waals surface area contributed by atoms with Crippen molar-refractivity contribution in [1.82, 2.24) is 9.88 Å². The Bertz CT molecular complexity index is 870. The highest BCUT2D eigenvalue weighted by molar-refractivity contribution is 7.09. The van der Waals surface area contributed by atoms with Gasteiger partial charge in [-0.3, -0.25) is 4.98 Å². The molecule has 6 heteroatoms. The zero-order chi connectivity index (χ0) is 17.8. The average Bonchev–Trinajstić information content (AvgIpc) is 3.35. The van der Waals surface area contributed by atoms with Gasteiger partial charge in [0.2, 0.25) is 0 Å². The zero-order valence-corrected chi connectivity index (χ0v) is 15.2. The standard InChI is InChI=1S/C20H21N3O2S/c24-20(22-19-7-1-4-15-12-21-9-8-18(15)19)23(13-16-5-2-10-25-16)14-17-6-3-11-26-17/h1,3-4,6-9,11-12,16H,2,5,10,13-14H2,(H,22,24)/t16-/m0/s1. The van der Waals surface area contributed by atoms with Gasteiger partial charge in [0.1, 0.15) is 0 Å². The second-order valence-electron chi connectivity index (χ2n) is 6.43. The summed E-state index contributed by atoms with van der Waals surface area (Å²) in [5, 5.41) is 7.11. The van der Waals surface area contributed by atoms with E-state index < -0.39 is 0 Å². The number of amides is 2. The minimum absolute atomic E-state index is 0.0989. The topological polar surface area (TPSA) is 54.5 Å². The second kappa shape index (κ2) is 7.85. The Morgan fingerprint density at radius 3 is 3.08 bits per heavy atom. The number of nitrogens with zero attached hydrogens (tertiary/aromatic N) is 2. The van der Waals surface area contributed by atoms with E-state index in [4.69, 9.17) is 4.74 Å². The Kier molecular flexibility index (Phi) is 5.13. The van der Waals surface area contributed by atoms with Crippen molar-refractivity contribution in [3.63, 3.8) is 0 Å². The van der Waals surface area contributed by atoms with E-state index in [9.17, 15) is 4.79 Å². The molecule has 0 spiro atoms. The first-order valence-corrected chi connectivity index (χ1v) is 9.70. The fourth-order valence-corrected chi connectivity index (χ4v) is 3.99. The second-order valence-corrected chi connectivity index (χ2v) is 7.46. The lowest BCUT2D eigenvalue weighted by Crippen LogP contribution is -2.39. The molecule has 1 saturated heterocycles. The number of carbonyl (C=O) groups excluding carboxylic acids is 1. The van der Waals surface area contributed by atoms with Gasteiger partial charge in [0.05, 0.1) is 18.3 Å². The van der Waals surface area contributed by atoms with Crippen LogP contribution < -0.4 is 5.32 Å². The molecule has 2 amide bonds. The summed E-state index contributed by atoms with van der Waals surface area (Å²) < 4.78 is 5.75. The molecule has 0 unspecified atom stereocenters. The Morgan fingerprint density at radius 1 is 1.31 bits per heavy atom. The van der Waals surface area contributed by atoms with E-state index in [0.717, 1.165) is 35.9 Å². The van der Waals surface area contributed by atoms with Crippen molar-refractivity contribution in [3.05, 3.63) is 59.0 Å². The normalized spacial score (nSPS) is 16.7. The third kappa shape index (κ3) is 3.86. The van der Waals surface area contributed by atoms with E-state index >= 15 is 0 Å². The molecule has 4 rings (SSSR count). The first-order chi connectivity index (χ1) is 12.8. The first kappa shape index (κ1) is 17.0. The van der Waals surface area contributed by atoms with Crippen LogP contribution in [0.5, 0.6) is 0 Å². The number of hydrogen-bond acceptors (Lipinski definition) is 4. The van der Waals surface area contributed by atoms with E-state index in [1.807, 2.05) is 40.6 Å². The molecule has 2 aromatic heterocycles. The van der Waals surface area contributed by atoms with Crippen LogP contribution in [0.3, 0.4) is 0 Å². The molecule has 1 fully saturated rings. The van der Waals surface area contributed by atoms with Crippen LogP contribution in [0.4, 0.5) is 10.5 Å². The van der Waals surface area contributed by atoms with Crippen molar-refractivity contribution in [1.29, 1.82) is 0 Å². The lowest BCUT2D eigenvalue weighted by molar-refractivity contribution is 0.0821. The molecule has 0 saturated carbocycles. The Balaban J connectivity index is 1.54. The number of ether oxygens (including phenoxy) is 1. The van der Waals surface area contributed by atoms with Crippen LogP contribution in [-0.4, -0.2) is 35.2 Å². The summed E-state index contributed by atoms with van der Waals surface area (Å²) in [6.07, 6.45) is 5.75. The molecular weight excluding hydrogens is 346 g/mol. The number of pyridine rings is 1. The minimum Gasteiger partial charge on any atom is -0.376 e. The number of fused-ring (bicyclic) bond motifs is 1. The number of anilines is 1. The van der Waals surface area contributed by atoms with Crippen LogP contribution in [0.1, 0.15) is 17.7 Å². The number of urea groups is 1. The van der Waals surface area contributed by atoms with Gasteiger partial charge in [-0.1, -0.05) is 18.2 Å². The largest absolute Gasteiger partial charge is 0.376 e. The van der Waals surface area contributed by atoms with E-state index in [1.165, 1.54) is 4.88 Å². The highest BCUT2D eigenvalue weighted by atomic mass is 32.1. The van der Waals surface area contributed by atoms with Crippen LogP contribution in [0.15, 0.2) is 54.2 Å². The summed E-state index contributed by atoms with van der Waals surface area (Å²) in [4.78, 5) is 20.2. The predicted octanol–water partition coefficient (Wildman–Crippen LogP) is 4.51. The molecular formula is C20H21N3O2S. The quantitative estimate of drug-likeness (QED) is 0.722. The number of rotatable bonds is 5. The molecule has 0 radical (unpaired) electrons. The SMILES string of the molecule is O=C(Nc1cccc2cnccc12)N(Cc1cccs1)C[C@@H]1CCCO1. The van der Waals surface area contributed by atoms with Crippen molar-refractivity contribution in [2.24, 2.45) is 0 Å². The molecule has 5 nitrogen and oxygen atoms in total. The third-order valence-corrected chi connectivity index (χ3v) is 5.45. The molecule has 134 valence electrons. The van der Waals surface area contributed by atoms with Gasteiger partial charge in [0, 0.05) is 41.2 Å². The highest BCUT2D eigenvalue weighted by Crippen LogP contribution is 2.24. The molecule has 1 atom stereocenters. The summed E-state index contributed by atoms with van der Waals surface area (Å²) in [5.74, 6) is 0. The van der Waals surface area contributed by atoms with Gasteiger partial charge in [-0.2, -0.15) is 0 Å². The molecule has 0 bridgehead atoms. The van der Waals surface area contributed by atoms with E-state index in [-0.39, 0.29) is 12.1 Å². The fraction of sp³-hybridized carbons (Fsp3) is 0.300. The monoisotopic (exact) mass is 367 g/mol. The number of carbonyl (C=O) groups is 1. The molecule has 26 heavy (non-hydrogen) atoms. The highest BCUT2D eigenvalue weighted by Gasteiger charge is 2.23. The van der Waals surface area contributed by atoms with Crippen molar-refractivity contribution in [2.45, 2.75) is 25.5 Å². The summed E-state index contributed by atoms with van der Waals surface area (Å²) in [5.41, 5.74) is 0.804. The van der Waals surface area contributed by atoms with Gasteiger partial charge in [-0.25, -0.2) is 4.79 Å². The van der Waals surface area contributed by atoms with Crippen molar-refractivity contribution in [2.75, 3.05) is 18.5 Å². The number of aromatic nitrogens is 1. The van der Waals surface area contributed by atoms with Gasteiger partial charge >= 0.3 is 6.03 Å². The van der Waals surface area contributed by atoms with Crippen LogP contribution in [0, 0.1) is 0 Å².